The fourth-order valence-corrected chi connectivity index (χ4v) is 6.00. The first kappa shape index (κ1) is 30.0. The monoisotopic (exact) mass is 609 g/mol. The van der Waals surface area contributed by atoms with E-state index in [9.17, 15) is 23.1 Å². The minimum absolute atomic E-state index is 0.118. The Kier molecular flexibility index (Phi) is 7.91. The maximum absolute atomic E-state index is 15.3. The fraction of sp³-hybridized carbons (Fsp3) is 0.323. The quantitative estimate of drug-likeness (QED) is 0.239. The highest BCUT2D eigenvalue weighted by atomic mass is 32.2. The lowest BCUT2D eigenvalue weighted by Crippen LogP contribution is -2.44. The van der Waals surface area contributed by atoms with Gasteiger partial charge in [-0.05, 0) is 87.9 Å². The van der Waals surface area contributed by atoms with Crippen LogP contribution in [0.5, 0.6) is 11.5 Å². The van der Waals surface area contributed by atoms with Crippen molar-refractivity contribution in [3.8, 4) is 11.5 Å². The van der Waals surface area contributed by atoms with Crippen LogP contribution < -0.4 is 10.1 Å². The predicted molar refractivity (Wildman–Crippen MR) is 156 cm³/mol. The smallest absolute Gasteiger partial charge is 0.408 e. The van der Waals surface area contributed by atoms with Crippen molar-refractivity contribution in [2.45, 2.75) is 69.4 Å². The number of nitrogens with one attached hydrogen (secondary N) is 1. The maximum Gasteiger partial charge on any atom is 0.408 e. The summed E-state index contributed by atoms with van der Waals surface area (Å²) < 4.78 is 54.7. The molecule has 1 atom stereocenters. The molecule has 43 heavy (non-hydrogen) atoms. The SMILES string of the molecule is Cc1ccc(S(=O)(=O)n2cc(C3CC3)c3c(Oc4ccc(C[C@H](NC(=O)OC(C)(C)C)C(=O)O)cc4F)ccnc32)cc1. The van der Waals surface area contributed by atoms with Crippen molar-refractivity contribution >= 4 is 33.1 Å². The summed E-state index contributed by atoms with van der Waals surface area (Å²) in [5.74, 6) is -1.83. The third kappa shape index (κ3) is 6.64. The number of aryl methyl sites for hydroxylation is 1. The summed E-state index contributed by atoms with van der Waals surface area (Å²) in [6.45, 7) is 6.82. The molecule has 1 aliphatic rings. The fourth-order valence-electron chi connectivity index (χ4n) is 4.68. The van der Waals surface area contributed by atoms with Gasteiger partial charge in [-0.1, -0.05) is 23.8 Å². The summed E-state index contributed by atoms with van der Waals surface area (Å²) in [7, 11) is -3.97. The third-order valence-electron chi connectivity index (χ3n) is 6.89. The zero-order chi connectivity index (χ0) is 31.1. The Hall–Kier alpha value is -4.45. The molecule has 226 valence electrons. The second kappa shape index (κ2) is 11.3. The molecule has 0 bridgehead atoms. The zero-order valence-corrected chi connectivity index (χ0v) is 24.9. The van der Waals surface area contributed by atoms with E-state index in [-0.39, 0.29) is 34.4 Å². The van der Waals surface area contributed by atoms with Crippen molar-refractivity contribution in [1.82, 2.24) is 14.3 Å². The van der Waals surface area contributed by atoms with Gasteiger partial charge in [-0.25, -0.2) is 31.4 Å². The second-order valence-electron chi connectivity index (χ2n) is 11.6. The Labute approximate surface area is 248 Å². The number of aliphatic carboxylic acids is 1. The number of rotatable bonds is 9. The highest BCUT2D eigenvalue weighted by molar-refractivity contribution is 7.90. The molecule has 10 nitrogen and oxygen atoms in total. The number of ether oxygens (including phenoxy) is 2. The molecule has 1 aliphatic carbocycles. The van der Waals surface area contributed by atoms with Crippen molar-refractivity contribution in [2.75, 3.05) is 0 Å². The average Bonchev–Trinajstić information content (AvgIpc) is 3.68. The Bertz CT molecular complexity index is 1810. The van der Waals surface area contributed by atoms with Gasteiger partial charge in [0.2, 0.25) is 0 Å². The second-order valence-corrected chi connectivity index (χ2v) is 13.4. The Balaban J connectivity index is 1.44. The van der Waals surface area contributed by atoms with Gasteiger partial charge in [-0.15, -0.1) is 0 Å². The topological polar surface area (TPSA) is 137 Å². The number of carboxylic acids is 1. The molecule has 1 saturated carbocycles. The molecule has 0 radical (unpaired) electrons. The molecule has 1 amide bonds. The molecule has 2 aromatic heterocycles. The summed E-state index contributed by atoms with van der Waals surface area (Å²) in [5, 5.41) is 12.4. The number of nitrogens with zero attached hydrogens (tertiary/aromatic N) is 2. The Morgan fingerprint density at radius 3 is 2.42 bits per heavy atom. The minimum atomic E-state index is -3.97. The number of alkyl carbamates (subject to hydrolysis) is 1. The van der Waals surface area contributed by atoms with E-state index < -0.39 is 39.5 Å². The van der Waals surface area contributed by atoms with E-state index in [4.69, 9.17) is 9.47 Å². The van der Waals surface area contributed by atoms with Gasteiger partial charge in [-0.3, -0.25) is 0 Å². The maximum atomic E-state index is 15.3. The number of carbonyl (C=O) groups excluding carboxylic acids is 1. The van der Waals surface area contributed by atoms with Crippen molar-refractivity contribution < 1.29 is 37.0 Å². The molecule has 12 heteroatoms. The van der Waals surface area contributed by atoms with Gasteiger partial charge < -0.3 is 19.9 Å². The molecule has 0 unspecified atom stereocenters. The number of benzene rings is 2. The van der Waals surface area contributed by atoms with Crippen LogP contribution in [-0.2, 0) is 26.0 Å². The normalized spacial score (nSPS) is 14.3. The van der Waals surface area contributed by atoms with Crippen molar-refractivity contribution in [3.05, 3.63) is 83.4 Å². The summed E-state index contributed by atoms with van der Waals surface area (Å²) in [6.07, 6.45) is 3.63. The Morgan fingerprint density at radius 2 is 1.81 bits per heavy atom. The lowest BCUT2D eigenvalue weighted by molar-refractivity contribution is -0.139. The molecular formula is C31H32FN3O7S. The summed E-state index contributed by atoms with van der Waals surface area (Å²) in [4.78, 5) is 28.3. The molecule has 1 fully saturated rings. The molecule has 4 aromatic rings. The molecule has 2 aromatic carbocycles. The van der Waals surface area contributed by atoms with E-state index >= 15 is 4.39 Å². The summed E-state index contributed by atoms with van der Waals surface area (Å²) in [5.41, 5.74) is 1.34. The van der Waals surface area contributed by atoms with Gasteiger partial charge >= 0.3 is 12.1 Å². The van der Waals surface area contributed by atoms with Crippen LogP contribution in [-0.4, -0.2) is 46.2 Å². The van der Waals surface area contributed by atoms with Crippen molar-refractivity contribution in [1.29, 1.82) is 0 Å². The van der Waals surface area contributed by atoms with Gasteiger partial charge in [-0.2, -0.15) is 0 Å². The van der Waals surface area contributed by atoms with Crippen LogP contribution in [0.25, 0.3) is 11.0 Å². The number of aromatic nitrogens is 2. The molecule has 0 aliphatic heterocycles. The Morgan fingerprint density at radius 1 is 1.12 bits per heavy atom. The standard InChI is InChI=1S/C31H32FN3O7S/c1-18-5-10-21(11-6-18)43(39,40)35-17-22(20-8-9-20)27-26(13-14-33-28(27)35)41-25-12-7-19(15-23(25)32)16-24(29(36)37)34-30(38)42-31(2,3)4/h5-7,10-15,17,20,24H,8-9,16H2,1-4H3,(H,34,38)(H,36,37)/t24-/m0/s1. The highest BCUT2D eigenvalue weighted by Crippen LogP contribution is 2.47. The van der Waals surface area contributed by atoms with E-state index in [1.165, 1.54) is 18.3 Å². The number of hydrogen-bond donors (Lipinski definition) is 2. The zero-order valence-electron chi connectivity index (χ0n) is 24.1. The first-order chi connectivity index (χ1) is 20.2. The predicted octanol–water partition coefficient (Wildman–Crippen LogP) is 5.91. The molecule has 2 heterocycles. The lowest BCUT2D eigenvalue weighted by Gasteiger charge is -2.22. The van der Waals surface area contributed by atoms with E-state index in [2.05, 4.69) is 10.3 Å². The number of halogens is 1. The van der Waals surface area contributed by atoms with Crippen LogP contribution in [0.4, 0.5) is 9.18 Å². The molecule has 2 N–H and O–H groups in total. The molecule has 5 rings (SSSR count). The van der Waals surface area contributed by atoms with Gasteiger partial charge in [0.05, 0.1) is 10.3 Å². The van der Waals surface area contributed by atoms with Crippen LogP contribution in [0.3, 0.4) is 0 Å². The summed E-state index contributed by atoms with van der Waals surface area (Å²) in [6, 6.07) is 10.7. The van der Waals surface area contributed by atoms with E-state index in [1.807, 2.05) is 6.92 Å². The number of carbonyl (C=O) groups is 2. The van der Waals surface area contributed by atoms with Crippen LogP contribution >= 0.6 is 0 Å². The minimum Gasteiger partial charge on any atom is -0.480 e. The molecule has 0 spiro atoms. The summed E-state index contributed by atoms with van der Waals surface area (Å²) >= 11 is 0. The van der Waals surface area contributed by atoms with E-state index in [1.54, 1.807) is 57.3 Å². The van der Waals surface area contributed by atoms with Crippen LogP contribution in [0, 0.1) is 12.7 Å². The highest BCUT2D eigenvalue weighted by Gasteiger charge is 2.33. The number of fused-ring (bicyclic) bond motifs is 1. The van der Waals surface area contributed by atoms with E-state index in [0.29, 0.717) is 10.9 Å². The largest absolute Gasteiger partial charge is 0.480 e. The number of amides is 1. The van der Waals surface area contributed by atoms with Crippen molar-refractivity contribution in [2.24, 2.45) is 0 Å². The first-order valence-corrected chi connectivity index (χ1v) is 15.2. The third-order valence-corrected chi connectivity index (χ3v) is 8.55. The van der Waals surface area contributed by atoms with Crippen LogP contribution in [0.1, 0.15) is 56.2 Å². The molecule has 0 saturated heterocycles. The van der Waals surface area contributed by atoms with Gasteiger partial charge in [0, 0.05) is 18.8 Å². The first-order valence-electron chi connectivity index (χ1n) is 13.7. The average molecular weight is 610 g/mol. The van der Waals surface area contributed by atoms with Crippen LogP contribution in [0.2, 0.25) is 0 Å². The van der Waals surface area contributed by atoms with Gasteiger partial charge in [0.25, 0.3) is 10.0 Å². The number of hydrogen-bond acceptors (Lipinski definition) is 7. The van der Waals surface area contributed by atoms with E-state index in [0.717, 1.165) is 34.0 Å². The number of carboxylic acid groups (broad SMARTS) is 1. The number of pyridine rings is 1. The van der Waals surface area contributed by atoms with Gasteiger partial charge in [0.1, 0.15) is 17.4 Å². The van der Waals surface area contributed by atoms with Crippen LogP contribution in [0.15, 0.2) is 65.8 Å². The molecular weight excluding hydrogens is 577 g/mol. The van der Waals surface area contributed by atoms with Crippen molar-refractivity contribution in [3.63, 3.8) is 0 Å². The van der Waals surface area contributed by atoms with Gasteiger partial charge in [0.15, 0.2) is 17.2 Å². The lowest BCUT2D eigenvalue weighted by atomic mass is 10.1.